The number of nitrogens with zero attached hydrogens (tertiary/aromatic N) is 1. The Bertz CT molecular complexity index is 912. The van der Waals surface area contributed by atoms with Crippen LogP contribution in [0.1, 0.15) is 21.6 Å². The lowest BCUT2D eigenvalue weighted by Crippen LogP contribution is -2.23. The van der Waals surface area contributed by atoms with Gasteiger partial charge in [-0.3, -0.25) is 9.89 Å². The summed E-state index contributed by atoms with van der Waals surface area (Å²) in [5.41, 5.74) is 3.65. The van der Waals surface area contributed by atoms with E-state index in [2.05, 4.69) is 20.8 Å². The minimum absolute atomic E-state index is 0.219. The van der Waals surface area contributed by atoms with Crippen LogP contribution in [0.5, 0.6) is 0 Å². The van der Waals surface area contributed by atoms with Crippen LogP contribution in [-0.2, 0) is 6.54 Å². The van der Waals surface area contributed by atoms with Crippen molar-refractivity contribution in [2.24, 2.45) is 0 Å². The second-order valence-electron chi connectivity index (χ2n) is 5.78. The lowest BCUT2D eigenvalue weighted by atomic mass is 10.1. The predicted molar refractivity (Wildman–Crippen MR) is 103 cm³/mol. The van der Waals surface area contributed by atoms with Crippen LogP contribution in [0.3, 0.4) is 0 Å². The highest BCUT2D eigenvalue weighted by molar-refractivity contribution is 7.99. The van der Waals surface area contributed by atoms with Crippen molar-refractivity contribution in [2.75, 3.05) is 5.32 Å². The van der Waals surface area contributed by atoms with Crippen molar-refractivity contribution in [3.63, 3.8) is 0 Å². The van der Waals surface area contributed by atoms with E-state index < -0.39 is 5.76 Å². The molecule has 140 valence electrons. The van der Waals surface area contributed by atoms with Crippen LogP contribution >= 0.6 is 11.8 Å². The number of aryl methyl sites for hydroxylation is 1. The fourth-order valence-corrected chi connectivity index (χ4v) is 2.99. The van der Waals surface area contributed by atoms with Crippen LogP contribution in [0, 0.1) is 6.92 Å². The Morgan fingerprint density at radius 1 is 1.19 bits per heavy atom. The molecule has 1 amide bonds. The first-order valence-electron chi connectivity index (χ1n) is 8.21. The zero-order valence-electron chi connectivity index (χ0n) is 14.5. The molecule has 3 N–H and O–H groups in total. The van der Waals surface area contributed by atoms with Crippen LogP contribution in [0.4, 0.5) is 20.2 Å². The number of rotatable bonds is 7. The normalized spacial score (nSPS) is 10.8. The number of halogens is 2. The van der Waals surface area contributed by atoms with E-state index in [1.54, 1.807) is 48.7 Å². The Labute approximate surface area is 159 Å². The highest BCUT2D eigenvalue weighted by Crippen LogP contribution is 2.28. The van der Waals surface area contributed by atoms with Crippen molar-refractivity contribution in [3.8, 4) is 0 Å². The van der Waals surface area contributed by atoms with Gasteiger partial charge in [0.05, 0.1) is 17.4 Å². The van der Waals surface area contributed by atoms with Gasteiger partial charge in [0, 0.05) is 28.4 Å². The van der Waals surface area contributed by atoms with E-state index in [1.807, 2.05) is 13.0 Å². The number of thioether (sulfide) groups is 1. The van der Waals surface area contributed by atoms with Gasteiger partial charge in [0.2, 0.25) is 0 Å². The topological polar surface area (TPSA) is 69.8 Å². The van der Waals surface area contributed by atoms with E-state index in [4.69, 9.17) is 0 Å². The van der Waals surface area contributed by atoms with Crippen molar-refractivity contribution in [2.45, 2.75) is 24.1 Å². The van der Waals surface area contributed by atoms with Crippen LogP contribution in [0.2, 0.25) is 0 Å². The van der Waals surface area contributed by atoms with Gasteiger partial charge in [-0.15, -0.1) is 0 Å². The van der Waals surface area contributed by atoms with E-state index in [1.165, 1.54) is 0 Å². The van der Waals surface area contributed by atoms with Gasteiger partial charge in [0.1, 0.15) is 0 Å². The molecule has 3 rings (SSSR count). The van der Waals surface area contributed by atoms with Gasteiger partial charge in [-0.2, -0.15) is 13.9 Å². The van der Waals surface area contributed by atoms with E-state index in [-0.39, 0.29) is 5.91 Å². The molecule has 0 saturated carbocycles. The molecule has 5 nitrogen and oxygen atoms in total. The van der Waals surface area contributed by atoms with E-state index >= 15 is 0 Å². The zero-order chi connectivity index (χ0) is 19.2. The first kappa shape index (κ1) is 18.9. The summed E-state index contributed by atoms with van der Waals surface area (Å²) in [4.78, 5) is 13.1. The molecule has 2 aromatic carbocycles. The van der Waals surface area contributed by atoms with Crippen LogP contribution in [0.25, 0.3) is 0 Å². The standard InChI is InChI=1S/C19H18F2N4OS/c1-12-13(11-23-25-12)10-22-18(26)16-4-2-3-5-17(16)24-14-6-8-15(9-7-14)27-19(20)21/h2-9,11,19,24H,10H2,1H3,(H,22,26)(H,23,25). The van der Waals surface area contributed by atoms with Crippen molar-refractivity contribution >= 4 is 29.0 Å². The highest BCUT2D eigenvalue weighted by atomic mass is 32.2. The third-order valence-corrected chi connectivity index (χ3v) is 4.63. The molecule has 0 aliphatic rings. The predicted octanol–water partition coefficient (Wildman–Crippen LogP) is 4.71. The van der Waals surface area contributed by atoms with Crippen LogP contribution in [-0.4, -0.2) is 21.9 Å². The fourth-order valence-electron chi connectivity index (χ4n) is 2.49. The summed E-state index contributed by atoms with van der Waals surface area (Å²) >= 11 is 0.495. The largest absolute Gasteiger partial charge is 0.355 e. The molecule has 0 bridgehead atoms. The van der Waals surface area contributed by atoms with Crippen molar-refractivity contribution in [1.82, 2.24) is 15.5 Å². The number of hydrogen-bond acceptors (Lipinski definition) is 4. The molecule has 0 saturated heterocycles. The summed E-state index contributed by atoms with van der Waals surface area (Å²) < 4.78 is 24.8. The third kappa shape index (κ3) is 5.07. The number of anilines is 2. The molecule has 3 aromatic rings. The average Bonchev–Trinajstić information content (AvgIpc) is 3.06. The summed E-state index contributed by atoms with van der Waals surface area (Å²) in [6.07, 6.45) is 1.68. The SMILES string of the molecule is Cc1[nH]ncc1CNC(=O)c1ccccc1Nc1ccc(SC(F)F)cc1. The Morgan fingerprint density at radius 3 is 2.59 bits per heavy atom. The van der Waals surface area contributed by atoms with Gasteiger partial charge >= 0.3 is 0 Å². The number of para-hydroxylation sites is 1. The monoisotopic (exact) mass is 388 g/mol. The number of alkyl halides is 2. The molecule has 0 spiro atoms. The number of amides is 1. The van der Waals surface area contributed by atoms with Gasteiger partial charge in [0.15, 0.2) is 0 Å². The Kier molecular flexibility index (Phi) is 6.08. The molecule has 8 heteroatoms. The maximum atomic E-state index is 12.6. The summed E-state index contributed by atoms with van der Waals surface area (Å²) in [5, 5.41) is 12.8. The van der Waals surface area contributed by atoms with E-state index in [9.17, 15) is 13.6 Å². The van der Waals surface area contributed by atoms with Gasteiger partial charge in [-0.05, 0) is 43.3 Å². The maximum absolute atomic E-state index is 12.6. The first-order chi connectivity index (χ1) is 13.0. The van der Waals surface area contributed by atoms with Gasteiger partial charge in [-0.1, -0.05) is 23.9 Å². The molecule has 0 aliphatic carbocycles. The summed E-state index contributed by atoms with van der Waals surface area (Å²) in [6.45, 7) is 2.26. The maximum Gasteiger partial charge on any atom is 0.288 e. The molecule has 27 heavy (non-hydrogen) atoms. The van der Waals surface area contributed by atoms with Crippen molar-refractivity contribution in [3.05, 3.63) is 71.5 Å². The van der Waals surface area contributed by atoms with Gasteiger partial charge in [-0.25, -0.2) is 0 Å². The van der Waals surface area contributed by atoms with Crippen LogP contribution < -0.4 is 10.6 Å². The number of benzene rings is 2. The molecule has 1 aromatic heterocycles. The molecule has 0 atom stereocenters. The number of H-pyrrole nitrogens is 1. The fraction of sp³-hybridized carbons (Fsp3) is 0.158. The number of nitrogens with one attached hydrogen (secondary N) is 3. The van der Waals surface area contributed by atoms with Gasteiger partial charge < -0.3 is 10.6 Å². The Morgan fingerprint density at radius 2 is 1.93 bits per heavy atom. The summed E-state index contributed by atoms with van der Waals surface area (Å²) in [6, 6.07) is 13.8. The molecule has 0 radical (unpaired) electrons. The quantitative estimate of drug-likeness (QED) is 0.513. The third-order valence-electron chi connectivity index (χ3n) is 3.90. The highest BCUT2D eigenvalue weighted by Gasteiger charge is 2.12. The first-order valence-corrected chi connectivity index (χ1v) is 9.09. The summed E-state index contributed by atoms with van der Waals surface area (Å²) in [7, 11) is 0. The molecular weight excluding hydrogens is 370 g/mol. The molecular formula is C19H18F2N4OS. The lowest BCUT2D eigenvalue weighted by molar-refractivity contribution is 0.0951. The molecule has 0 aliphatic heterocycles. The number of carbonyl (C=O) groups is 1. The number of aromatic amines is 1. The minimum atomic E-state index is -2.45. The lowest BCUT2D eigenvalue weighted by Gasteiger charge is -2.12. The van der Waals surface area contributed by atoms with Gasteiger partial charge in [0.25, 0.3) is 11.7 Å². The number of hydrogen-bond donors (Lipinski definition) is 3. The van der Waals surface area contributed by atoms with Crippen LogP contribution in [0.15, 0.2) is 59.6 Å². The second kappa shape index (κ2) is 8.68. The molecule has 0 fully saturated rings. The zero-order valence-corrected chi connectivity index (χ0v) is 15.3. The summed E-state index contributed by atoms with van der Waals surface area (Å²) in [5.74, 6) is -2.67. The van der Waals surface area contributed by atoms with Crippen molar-refractivity contribution in [1.29, 1.82) is 0 Å². The molecule has 1 heterocycles. The number of carbonyl (C=O) groups excluding carboxylic acids is 1. The number of aromatic nitrogens is 2. The van der Waals surface area contributed by atoms with E-state index in [0.29, 0.717) is 40.1 Å². The van der Waals surface area contributed by atoms with Crippen molar-refractivity contribution < 1.29 is 13.6 Å². The molecule has 0 unspecified atom stereocenters. The van der Waals surface area contributed by atoms with E-state index in [0.717, 1.165) is 11.3 Å². The Balaban J connectivity index is 1.69. The Hall–Kier alpha value is -2.87. The average molecular weight is 388 g/mol. The smallest absolute Gasteiger partial charge is 0.288 e. The second-order valence-corrected chi connectivity index (χ2v) is 6.84. The minimum Gasteiger partial charge on any atom is -0.355 e.